The maximum atomic E-state index is 4.77. The van der Waals surface area contributed by atoms with E-state index in [0.717, 1.165) is 12.2 Å². The molecule has 0 fully saturated rings. The fourth-order valence-electron chi connectivity index (χ4n) is 3.38. The van der Waals surface area contributed by atoms with E-state index in [1.165, 1.54) is 39.1 Å². The van der Waals surface area contributed by atoms with Gasteiger partial charge in [-0.2, -0.15) is 0 Å². The Morgan fingerprint density at radius 1 is 0.955 bits per heavy atom. The summed E-state index contributed by atoms with van der Waals surface area (Å²) < 4.78 is 2.26. The normalized spacial score (nSPS) is 12.1. The Balaban J connectivity index is 1.92. The molecule has 0 spiro atoms. The largest absolute Gasteiger partial charge is 0.330 e. The Bertz CT molecular complexity index is 894. The summed E-state index contributed by atoms with van der Waals surface area (Å²) in [5.41, 5.74) is 9.15. The second-order valence-corrected chi connectivity index (χ2v) is 6.15. The topological polar surface area (TPSA) is 16.8 Å². The SMILES string of the molecule is Cc1ccc2c(c1)-c1cnc(-c3ccccc3C)[n+](C)c1C2. The molecule has 22 heavy (non-hydrogen) atoms. The average molecular weight is 287 g/mol. The maximum absolute atomic E-state index is 4.77. The number of nitrogens with zero attached hydrogens (tertiary/aromatic N) is 2. The molecule has 1 aromatic heterocycles. The first kappa shape index (κ1) is 13.2. The standard InChI is InChI=1S/C20H19N2/c1-13-8-9-15-11-19-18(17(15)10-13)12-21-20(22(19)3)16-7-5-4-6-14(16)2/h4-10,12H,11H2,1-3H3/q+1. The van der Waals surface area contributed by atoms with Gasteiger partial charge in [-0.1, -0.05) is 42.0 Å². The third-order valence-corrected chi connectivity index (χ3v) is 4.65. The monoisotopic (exact) mass is 287 g/mol. The fraction of sp³-hybridized carbons (Fsp3) is 0.200. The van der Waals surface area contributed by atoms with Crippen LogP contribution in [0.1, 0.15) is 22.4 Å². The molecule has 2 heteroatoms. The van der Waals surface area contributed by atoms with Crippen LogP contribution in [-0.2, 0) is 13.5 Å². The molecule has 1 aliphatic carbocycles. The molecule has 0 aliphatic heterocycles. The van der Waals surface area contributed by atoms with Gasteiger partial charge in [0.1, 0.15) is 5.69 Å². The van der Waals surface area contributed by atoms with Crippen molar-refractivity contribution in [3.05, 3.63) is 71.0 Å². The van der Waals surface area contributed by atoms with Crippen LogP contribution in [0.15, 0.2) is 48.7 Å². The predicted octanol–water partition coefficient (Wildman–Crippen LogP) is 3.76. The van der Waals surface area contributed by atoms with Crippen LogP contribution in [0, 0.1) is 13.8 Å². The van der Waals surface area contributed by atoms with Crippen molar-refractivity contribution in [2.24, 2.45) is 7.05 Å². The van der Waals surface area contributed by atoms with Crippen molar-refractivity contribution < 1.29 is 4.57 Å². The lowest BCUT2D eigenvalue weighted by molar-refractivity contribution is -0.669. The molecule has 1 heterocycles. The predicted molar refractivity (Wildman–Crippen MR) is 88.6 cm³/mol. The molecule has 3 aromatic rings. The molecule has 0 amide bonds. The highest BCUT2D eigenvalue weighted by atomic mass is 15.0. The smallest absolute Gasteiger partial charge is 0.229 e. The van der Waals surface area contributed by atoms with Crippen LogP contribution in [-0.4, -0.2) is 4.98 Å². The van der Waals surface area contributed by atoms with Crippen LogP contribution in [0.3, 0.4) is 0 Å². The summed E-state index contributed by atoms with van der Waals surface area (Å²) >= 11 is 0. The lowest BCUT2D eigenvalue weighted by Crippen LogP contribution is -2.37. The summed E-state index contributed by atoms with van der Waals surface area (Å²) in [6.07, 6.45) is 3.03. The average Bonchev–Trinajstić information content (AvgIpc) is 2.88. The van der Waals surface area contributed by atoms with Crippen molar-refractivity contribution in [2.45, 2.75) is 20.3 Å². The number of hydrogen-bond acceptors (Lipinski definition) is 1. The molecular weight excluding hydrogens is 268 g/mol. The quantitative estimate of drug-likeness (QED) is 0.487. The van der Waals surface area contributed by atoms with Gasteiger partial charge in [-0.25, -0.2) is 4.57 Å². The zero-order valence-corrected chi connectivity index (χ0v) is 13.2. The Morgan fingerprint density at radius 3 is 2.59 bits per heavy atom. The van der Waals surface area contributed by atoms with Gasteiger partial charge in [0.05, 0.1) is 18.2 Å². The number of rotatable bonds is 1. The molecule has 0 N–H and O–H groups in total. The van der Waals surface area contributed by atoms with Crippen LogP contribution in [0.2, 0.25) is 0 Å². The number of benzene rings is 2. The number of aryl methyl sites for hydroxylation is 2. The highest BCUT2D eigenvalue weighted by Crippen LogP contribution is 2.35. The summed E-state index contributed by atoms with van der Waals surface area (Å²) in [5.74, 6) is 1.04. The van der Waals surface area contributed by atoms with Gasteiger partial charge in [0.15, 0.2) is 6.20 Å². The van der Waals surface area contributed by atoms with Gasteiger partial charge < -0.3 is 0 Å². The molecule has 0 unspecified atom stereocenters. The van der Waals surface area contributed by atoms with E-state index in [0.29, 0.717) is 0 Å². The lowest BCUT2D eigenvalue weighted by atomic mass is 10.0. The van der Waals surface area contributed by atoms with E-state index in [1.54, 1.807) is 0 Å². The summed E-state index contributed by atoms with van der Waals surface area (Å²) in [5, 5.41) is 0. The van der Waals surface area contributed by atoms with Gasteiger partial charge >= 0.3 is 5.82 Å². The van der Waals surface area contributed by atoms with Gasteiger partial charge in [0, 0.05) is 6.42 Å². The molecular formula is C20H19N2+. The van der Waals surface area contributed by atoms with Crippen molar-refractivity contribution in [1.82, 2.24) is 4.98 Å². The minimum atomic E-state index is 0.989. The van der Waals surface area contributed by atoms with E-state index in [9.17, 15) is 0 Å². The second kappa shape index (κ2) is 4.77. The van der Waals surface area contributed by atoms with Gasteiger partial charge in [0.2, 0.25) is 0 Å². The van der Waals surface area contributed by atoms with E-state index in [-0.39, 0.29) is 0 Å². The van der Waals surface area contributed by atoms with Crippen LogP contribution >= 0.6 is 0 Å². The summed E-state index contributed by atoms with van der Waals surface area (Å²) in [6.45, 7) is 4.29. The third-order valence-electron chi connectivity index (χ3n) is 4.65. The molecule has 0 radical (unpaired) electrons. The number of hydrogen-bond donors (Lipinski definition) is 0. The highest BCUT2D eigenvalue weighted by Gasteiger charge is 2.28. The first-order valence-electron chi connectivity index (χ1n) is 7.69. The summed E-state index contributed by atoms with van der Waals surface area (Å²) in [6, 6.07) is 15.2. The first-order chi connectivity index (χ1) is 10.6. The van der Waals surface area contributed by atoms with Crippen molar-refractivity contribution in [2.75, 3.05) is 0 Å². The summed E-state index contributed by atoms with van der Waals surface area (Å²) in [4.78, 5) is 4.77. The molecule has 4 rings (SSSR count). The Kier molecular flexibility index (Phi) is 2.86. The van der Waals surface area contributed by atoms with Crippen LogP contribution in [0.25, 0.3) is 22.5 Å². The Labute approximate surface area is 131 Å². The summed E-state index contributed by atoms with van der Waals surface area (Å²) in [7, 11) is 2.13. The van der Waals surface area contributed by atoms with Crippen molar-refractivity contribution in [1.29, 1.82) is 0 Å². The minimum Gasteiger partial charge on any atom is -0.229 e. The van der Waals surface area contributed by atoms with Crippen LogP contribution in [0.5, 0.6) is 0 Å². The molecule has 0 bridgehead atoms. The molecule has 0 saturated heterocycles. The number of fused-ring (bicyclic) bond motifs is 3. The van der Waals surface area contributed by atoms with E-state index >= 15 is 0 Å². The van der Waals surface area contributed by atoms with Gasteiger partial charge in [0.25, 0.3) is 0 Å². The van der Waals surface area contributed by atoms with E-state index in [2.05, 4.69) is 67.9 Å². The molecule has 0 atom stereocenters. The zero-order chi connectivity index (χ0) is 15.3. The zero-order valence-electron chi connectivity index (χ0n) is 13.2. The molecule has 108 valence electrons. The molecule has 1 aliphatic rings. The fourth-order valence-corrected chi connectivity index (χ4v) is 3.38. The first-order valence-corrected chi connectivity index (χ1v) is 7.69. The van der Waals surface area contributed by atoms with Gasteiger partial charge in [-0.15, -0.1) is 0 Å². The van der Waals surface area contributed by atoms with Crippen LogP contribution < -0.4 is 4.57 Å². The third kappa shape index (κ3) is 1.87. The van der Waals surface area contributed by atoms with Crippen molar-refractivity contribution >= 4 is 0 Å². The van der Waals surface area contributed by atoms with Crippen LogP contribution in [0.4, 0.5) is 0 Å². The van der Waals surface area contributed by atoms with Gasteiger partial charge in [-0.05, 0) is 41.6 Å². The lowest BCUT2D eigenvalue weighted by Gasteiger charge is -2.06. The van der Waals surface area contributed by atoms with E-state index < -0.39 is 0 Å². The van der Waals surface area contributed by atoms with Crippen molar-refractivity contribution in [3.8, 4) is 22.5 Å². The Hall–Kier alpha value is -2.48. The van der Waals surface area contributed by atoms with Gasteiger partial charge in [-0.3, -0.25) is 0 Å². The number of aromatic nitrogens is 2. The van der Waals surface area contributed by atoms with E-state index in [4.69, 9.17) is 4.98 Å². The second-order valence-electron chi connectivity index (χ2n) is 6.15. The molecule has 0 saturated carbocycles. The highest BCUT2D eigenvalue weighted by molar-refractivity contribution is 5.75. The molecule has 2 nitrogen and oxygen atoms in total. The Morgan fingerprint density at radius 2 is 1.77 bits per heavy atom. The maximum Gasteiger partial charge on any atom is 0.330 e. The molecule has 2 aromatic carbocycles. The van der Waals surface area contributed by atoms with E-state index in [1.807, 2.05) is 6.20 Å². The minimum absolute atomic E-state index is 0.989. The van der Waals surface area contributed by atoms with Crippen molar-refractivity contribution in [3.63, 3.8) is 0 Å².